The molecule has 0 radical (unpaired) electrons. The summed E-state index contributed by atoms with van der Waals surface area (Å²) in [6.45, 7) is 38.5. The highest BCUT2D eigenvalue weighted by Gasteiger charge is 2.20. The predicted octanol–water partition coefficient (Wildman–Crippen LogP) is 12.2. The molecular weight excluding hydrogens is 721 g/mol. The Kier molecular flexibility index (Phi) is 25.7. The number of rotatable bonds is 1. The van der Waals surface area contributed by atoms with Gasteiger partial charge in [0, 0.05) is 48.9 Å². The second kappa shape index (κ2) is 27.3. The number of oxazole rings is 4. The molecule has 0 saturated heterocycles. The van der Waals surface area contributed by atoms with Crippen molar-refractivity contribution in [3.05, 3.63) is 115 Å². The van der Waals surface area contributed by atoms with E-state index >= 15 is 0 Å². The van der Waals surface area contributed by atoms with Crippen molar-refractivity contribution < 1.29 is 22.1 Å². The second-order valence-corrected chi connectivity index (χ2v) is 16.1. The van der Waals surface area contributed by atoms with Crippen LogP contribution in [0.2, 0.25) is 0 Å². The van der Waals surface area contributed by atoms with E-state index in [1.165, 1.54) is 6.39 Å². The molecule has 0 fully saturated rings. The molecular formula is C44H70N8O5. The molecule has 0 aliphatic heterocycles. The van der Waals surface area contributed by atoms with E-state index in [4.69, 9.17) is 27.3 Å². The third kappa shape index (κ3) is 27.0. The van der Waals surface area contributed by atoms with Crippen LogP contribution in [0.25, 0.3) is 0 Å². The van der Waals surface area contributed by atoms with Gasteiger partial charge in [-0.15, -0.1) is 10.2 Å². The van der Waals surface area contributed by atoms with Gasteiger partial charge in [0.15, 0.2) is 24.1 Å². The Morgan fingerprint density at radius 1 is 0.561 bits per heavy atom. The van der Waals surface area contributed by atoms with Gasteiger partial charge in [-0.25, -0.2) is 19.9 Å². The van der Waals surface area contributed by atoms with Crippen LogP contribution in [0.15, 0.2) is 90.4 Å². The molecule has 0 atom stereocenters. The largest absolute Gasteiger partial charge is 0.449 e. The molecule has 0 N–H and O–H groups in total. The normalized spacial score (nSPS) is 10.4. The number of pyridine rings is 1. The van der Waals surface area contributed by atoms with Gasteiger partial charge in [0.1, 0.15) is 30.6 Å². The fourth-order valence-corrected chi connectivity index (χ4v) is 3.51. The Hall–Kier alpha value is -5.38. The fraction of sp³-hybridized carbons (Fsp3) is 0.545. The summed E-state index contributed by atoms with van der Waals surface area (Å²) >= 11 is 0. The molecule has 316 valence electrons. The van der Waals surface area contributed by atoms with Crippen molar-refractivity contribution >= 4 is 0 Å². The lowest BCUT2D eigenvalue weighted by Gasteiger charge is -2.16. The Balaban J connectivity index is 0. The van der Waals surface area contributed by atoms with E-state index in [9.17, 15) is 0 Å². The van der Waals surface area contributed by atoms with Crippen molar-refractivity contribution in [1.82, 2.24) is 35.1 Å². The van der Waals surface area contributed by atoms with Crippen molar-refractivity contribution in [3.8, 4) is 6.07 Å². The van der Waals surface area contributed by atoms with Gasteiger partial charge < -0.3 is 22.1 Å². The molecule has 6 rings (SSSR count). The van der Waals surface area contributed by atoms with Crippen LogP contribution in [0.5, 0.6) is 0 Å². The smallest absolute Gasteiger partial charge is 0.221 e. The van der Waals surface area contributed by atoms with Gasteiger partial charge in [0.2, 0.25) is 11.8 Å². The highest BCUT2D eigenvalue weighted by molar-refractivity contribution is 5.26. The maximum atomic E-state index is 8.57. The average Bonchev–Trinajstić information content (AvgIpc) is 3.98. The van der Waals surface area contributed by atoms with Crippen LogP contribution < -0.4 is 0 Å². The van der Waals surface area contributed by atoms with Crippen molar-refractivity contribution in [2.75, 3.05) is 0 Å². The molecule has 6 aromatic rings. The molecule has 13 nitrogen and oxygen atoms in total. The van der Waals surface area contributed by atoms with E-state index < -0.39 is 0 Å². The number of nitrogens with zero attached hydrogens (tertiary/aromatic N) is 8. The molecule has 0 aromatic carbocycles. The van der Waals surface area contributed by atoms with Crippen molar-refractivity contribution in [2.24, 2.45) is 5.41 Å². The summed E-state index contributed by atoms with van der Waals surface area (Å²) in [6, 6.07) is 5.79. The molecule has 57 heavy (non-hydrogen) atoms. The van der Waals surface area contributed by atoms with Crippen molar-refractivity contribution in [3.63, 3.8) is 0 Å². The average molecular weight is 791 g/mol. The molecule has 0 spiro atoms. The van der Waals surface area contributed by atoms with Crippen molar-refractivity contribution in [2.45, 2.75) is 154 Å². The molecule has 6 heterocycles. The first-order chi connectivity index (χ1) is 26.5. The van der Waals surface area contributed by atoms with Crippen LogP contribution in [0.4, 0.5) is 0 Å². The van der Waals surface area contributed by atoms with E-state index in [1.807, 2.05) is 60.6 Å². The van der Waals surface area contributed by atoms with Crippen LogP contribution in [-0.4, -0.2) is 35.1 Å². The zero-order valence-corrected chi connectivity index (χ0v) is 38.2. The lowest BCUT2D eigenvalue weighted by atomic mass is 9.90. The molecule has 0 saturated carbocycles. The second-order valence-electron chi connectivity index (χ2n) is 16.1. The van der Waals surface area contributed by atoms with Crippen LogP contribution in [0.1, 0.15) is 157 Å². The third-order valence-corrected chi connectivity index (χ3v) is 6.19. The number of aryl methyl sites for hydroxylation is 3. The molecule has 0 aliphatic carbocycles. The van der Waals surface area contributed by atoms with E-state index in [0.717, 1.165) is 35.5 Å². The van der Waals surface area contributed by atoms with Gasteiger partial charge in [-0.3, -0.25) is 4.98 Å². The lowest BCUT2D eigenvalue weighted by Crippen LogP contribution is -2.11. The van der Waals surface area contributed by atoms with E-state index in [2.05, 4.69) is 104 Å². The highest BCUT2D eigenvalue weighted by Crippen LogP contribution is 2.22. The van der Waals surface area contributed by atoms with Gasteiger partial charge in [0.05, 0.1) is 30.4 Å². The van der Waals surface area contributed by atoms with Gasteiger partial charge in [-0.05, 0) is 24.0 Å². The summed E-state index contributed by atoms with van der Waals surface area (Å²) < 4.78 is 24.8. The summed E-state index contributed by atoms with van der Waals surface area (Å²) in [5.41, 5.74) is 2.03. The van der Waals surface area contributed by atoms with Crippen LogP contribution in [0, 0.1) is 37.5 Å². The van der Waals surface area contributed by atoms with Gasteiger partial charge in [0.25, 0.3) is 0 Å². The SMILES string of the molecule is CC.CC.CC(C)(C)Cc1ccc(C#N)cn1.CC(C)(C)c1cnco1.CC(C)(C)c1ncco1.Cc1ncco1.Cc1ncco1.Cc1nnc(C(C)(C)C)o1. The fourth-order valence-electron chi connectivity index (χ4n) is 3.51. The maximum absolute atomic E-state index is 8.57. The molecule has 0 bridgehead atoms. The minimum atomic E-state index is -0.0265. The first-order valence-corrected chi connectivity index (χ1v) is 19.2. The summed E-state index contributed by atoms with van der Waals surface area (Å²) in [4.78, 5) is 19.6. The van der Waals surface area contributed by atoms with Crippen molar-refractivity contribution in [1.29, 1.82) is 5.26 Å². The Bertz CT molecular complexity index is 1720. The maximum Gasteiger partial charge on any atom is 0.221 e. The van der Waals surface area contributed by atoms with E-state index in [1.54, 1.807) is 70.5 Å². The zero-order valence-electron chi connectivity index (χ0n) is 38.2. The monoisotopic (exact) mass is 791 g/mol. The molecule has 0 amide bonds. The Morgan fingerprint density at radius 3 is 1.28 bits per heavy atom. The molecule has 0 unspecified atom stereocenters. The first-order valence-electron chi connectivity index (χ1n) is 19.2. The van der Waals surface area contributed by atoms with Crippen LogP contribution >= 0.6 is 0 Å². The van der Waals surface area contributed by atoms with Crippen LogP contribution in [0.3, 0.4) is 0 Å². The van der Waals surface area contributed by atoms with Gasteiger partial charge >= 0.3 is 0 Å². The number of aromatic nitrogens is 7. The van der Waals surface area contributed by atoms with E-state index in [0.29, 0.717) is 17.3 Å². The summed E-state index contributed by atoms with van der Waals surface area (Å²) in [7, 11) is 0. The van der Waals surface area contributed by atoms with Gasteiger partial charge in [-0.2, -0.15) is 5.26 Å². The third-order valence-electron chi connectivity index (χ3n) is 6.19. The lowest BCUT2D eigenvalue weighted by molar-refractivity contribution is 0.380. The summed E-state index contributed by atoms with van der Waals surface area (Å²) in [6.07, 6.45) is 15.4. The standard InChI is InChI=1S/C11H14N2.C7H12N2O.2C7H11NO.2C4H5NO.2C2H6/c1-11(2,3)6-10-5-4-9(7-12)8-13-10;1-5-8-9-6(10-5)7(2,3)4;1-7(2,3)6-4-8-5-9-6;1-7(2,3)6-8-4-5-9-6;2*1-4-5-2-3-6-4;2*1-2/h4-5,8H,6H2,1-3H3;1-4H3;2*4-5H,1-3H3;2*2-3H,1H3;2*1-2H3. The molecule has 13 heteroatoms. The Morgan fingerprint density at radius 2 is 1.07 bits per heavy atom. The van der Waals surface area contributed by atoms with Crippen LogP contribution in [-0.2, 0) is 22.7 Å². The minimum absolute atomic E-state index is 0.0265. The molecule has 0 aliphatic rings. The van der Waals surface area contributed by atoms with Gasteiger partial charge in [-0.1, -0.05) is 111 Å². The number of nitriles is 1. The number of hydrogen-bond donors (Lipinski definition) is 0. The first kappa shape index (κ1) is 53.7. The molecule has 6 aromatic heterocycles. The summed E-state index contributed by atoms with van der Waals surface area (Å²) in [5, 5.41) is 16.2. The zero-order chi connectivity index (χ0) is 44.3. The Labute approximate surface area is 342 Å². The minimum Gasteiger partial charge on any atom is -0.449 e. The number of hydrogen-bond acceptors (Lipinski definition) is 13. The highest BCUT2D eigenvalue weighted by atomic mass is 16.4. The predicted molar refractivity (Wildman–Crippen MR) is 225 cm³/mol. The topological polar surface area (TPSA) is 180 Å². The quantitative estimate of drug-likeness (QED) is 0.154. The summed E-state index contributed by atoms with van der Waals surface area (Å²) in [5.74, 6) is 4.49. The van der Waals surface area contributed by atoms with E-state index in [-0.39, 0.29) is 21.7 Å².